The van der Waals surface area contributed by atoms with Gasteiger partial charge in [0.1, 0.15) is 9.88 Å². The first kappa shape index (κ1) is 14.7. The van der Waals surface area contributed by atoms with E-state index in [2.05, 4.69) is 4.98 Å². The van der Waals surface area contributed by atoms with Crippen LogP contribution in [0.1, 0.15) is 15.4 Å². The predicted molar refractivity (Wildman–Crippen MR) is 85.4 cm³/mol. The molecular weight excluding hydrogens is 292 g/mol. The zero-order valence-corrected chi connectivity index (χ0v) is 12.9. The molecule has 2 aromatic heterocycles. The molecule has 0 aliphatic carbocycles. The van der Waals surface area contributed by atoms with Crippen molar-refractivity contribution < 1.29 is 4.79 Å². The van der Waals surface area contributed by atoms with Crippen LogP contribution in [-0.4, -0.2) is 24.2 Å². The Balaban J connectivity index is 2.32. The van der Waals surface area contributed by atoms with Crippen LogP contribution in [0.15, 0.2) is 29.3 Å². The zero-order valence-electron chi connectivity index (χ0n) is 11.3. The zero-order chi connectivity index (χ0) is 14.7. The Labute approximate surface area is 126 Å². The molecule has 0 atom stereocenters. The fourth-order valence-corrected chi connectivity index (χ4v) is 3.88. The third-order valence-electron chi connectivity index (χ3n) is 2.78. The molecule has 0 aliphatic rings. The van der Waals surface area contributed by atoms with Crippen LogP contribution in [0, 0.1) is 0 Å². The summed E-state index contributed by atoms with van der Waals surface area (Å²) in [5.41, 5.74) is 12.8. The number of nitrogens with zero attached hydrogens (tertiary/aromatic N) is 2. The second-order valence-corrected chi connectivity index (χ2v) is 6.04. The maximum atomic E-state index is 11.4. The maximum absolute atomic E-state index is 11.4. The maximum Gasteiger partial charge on any atom is 0.261 e. The highest BCUT2D eigenvalue weighted by molar-refractivity contribution is 7.99. The summed E-state index contributed by atoms with van der Waals surface area (Å²) in [6.45, 7) is 0.645. The van der Waals surface area contributed by atoms with E-state index in [0.717, 1.165) is 15.6 Å². The molecule has 2 rings (SSSR count). The molecule has 0 unspecified atom stereocenters. The van der Waals surface area contributed by atoms with E-state index in [1.807, 2.05) is 36.4 Å². The minimum Gasteiger partial charge on any atom is -0.396 e. The second kappa shape index (κ2) is 6.15. The van der Waals surface area contributed by atoms with E-state index >= 15 is 0 Å². The van der Waals surface area contributed by atoms with Crippen LogP contribution in [0.25, 0.3) is 0 Å². The lowest BCUT2D eigenvalue weighted by Gasteiger charge is -2.18. The van der Waals surface area contributed by atoms with Crippen molar-refractivity contribution in [2.45, 2.75) is 11.4 Å². The van der Waals surface area contributed by atoms with Crippen LogP contribution in [0.4, 0.5) is 10.7 Å². The van der Waals surface area contributed by atoms with E-state index in [1.54, 1.807) is 6.20 Å². The number of thiophene rings is 1. The van der Waals surface area contributed by atoms with E-state index in [1.165, 1.54) is 23.1 Å². The van der Waals surface area contributed by atoms with Crippen molar-refractivity contribution in [3.05, 3.63) is 35.0 Å². The van der Waals surface area contributed by atoms with Gasteiger partial charge in [0, 0.05) is 13.2 Å². The summed E-state index contributed by atoms with van der Waals surface area (Å²) < 4.78 is 0. The first-order valence-electron chi connectivity index (χ1n) is 5.91. The van der Waals surface area contributed by atoms with E-state index in [0.29, 0.717) is 17.1 Å². The molecule has 0 aromatic carbocycles. The monoisotopic (exact) mass is 308 g/mol. The van der Waals surface area contributed by atoms with Crippen LogP contribution >= 0.6 is 23.1 Å². The van der Waals surface area contributed by atoms with Crippen molar-refractivity contribution in [2.75, 3.05) is 23.9 Å². The molecule has 7 heteroatoms. The number of thioether (sulfide) groups is 1. The van der Waals surface area contributed by atoms with Crippen LogP contribution in [-0.2, 0) is 6.54 Å². The minimum atomic E-state index is -0.486. The van der Waals surface area contributed by atoms with E-state index in [9.17, 15) is 4.79 Å². The number of nitrogen functional groups attached to an aromatic ring is 1. The van der Waals surface area contributed by atoms with Gasteiger partial charge in [0.15, 0.2) is 0 Å². The number of primary amides is 1. The molecule has 20 heavy (non-hydrogen) atoms. The van der Waals surface area contributed by atoms with Gasteiger partial charge in [-0.25, -0.2) is 0 Å². The molecule has 5 nitrogen and oxygen atoms in total. The summed E-state index contributed by atoms with van der Waals surface area (Å²) in [6, 6.07) is 5.79. The number of amides is 1. The van der Waals surface area contributed by atoms with Gasteiger partial charge in [-0.2, -0.15) is 0 Å². The number of carbonyl (C=O) groups is 1. The molecule has 0 radical (unpaired) electrons. The van der Waals surface area contributed by atoms with Crippen molar-refractivity contribution in [2.24, 2.45) is 5.73 Å². The van der Waals surface area contributed by atoms with Crippen molar-refractivity contribution >= 4 is 39.7 Å². The topological polar surface area (TPSA) is 85.2 Å². The Hall–Kier alpha value is -1.73. The van der Waals surface area contributed by atoms with Crippen molar-refractivity contribution in [1.29, 1.82) is 0 Å². The molecule has 0 fully saturated rings. The molecule has 0 saturated carbocycles. The van der Waals surface area contributed by atoms with Gasteiger partial charge in [-0.3, -0.25) is 9.78 Å². The Bertz CT molecular complexity index is 612. The molecule has 2 heterocycles. The number of nitrogens with two attached hydrogens (primary N) is 2. The van der Waals surface area contributed by atoms with E-state index in [-0.39, 0.29) is 0 Å². The highest BCUT2D eigenvalue weighted by Gasteiger charge is 2.21. The van der Waals surface area contributed by atoms with Gasteiger partial charge in [0.25, 0.3) is 5.91 Å². The largest absolute Gasteiger partial charge is 0.396 e. The Morgan fingerprint density at radius 1 is 1.50 bits per heavy atom. The molecule has 2 aromatic rings. The van der Waals surface area contributed by atoms with Gasteiger partial charge in [-0.1, -0.05) is 6.07 Å². The molecule has 1 amide bonds. The summed E-state index contributed by atoms with van der Waals surface area (Å²) >= 11 is 2.84. The first-order chi connectivity index (χ1) is 9.54. The number of aromatic nitrogens is 1. The van der Waals surface area contributed by atoms with Crippen molar-refractivity contribution in [1.82, 2.24) is 4.98 Å². The third-order valence-corrected chi connectivity index (χ3v) is 5.07. The summed E-state index contributed by atoms with van der Waals surface area (Å²) in [5, 5.41) is 0.939. The number of anilines is 2. The van der Waals surface area contributed by atoms with Gasteiger partial charge >= 0.3 is 0 Å². The average molecular weight is 308 g/mol. The second-order valence-electron chi connectivity index (χ2n) is 4.22. The summed E-state index contributed by atoms with van der Waals surface area (Å²) in [4.78, 5) is 19.0. The van der Waals surface area contributed by atoms with Crippen molar-refractivity contribution in [3.8, 4) is 0 Å². The predicted octanol–water partition coefficient (Wildman–Crippen LogP) is 2.18. The van der Waals surface area contributed by atoms with Crippen LogP contribution < -0.4 is 16.4 Å². The number of hydrogen-bond donors (Lipinski definition) is 2. The van der Waals surface area contributed by atoms with Crippen LogP contribution in [0.3, 0.4) is 0 Å². The average Bonchev–Trinajstić information content (AvgIpc) is 2.77. The number of pyridine rings is 1. The normalized spacial score (nSPS) is 10.5. The van der Waals surface area contributed by atoms with E-state index in [4.69, 9.17) is 11.5 Å². The molecular formula is C13H16N4OS2. The lowest BCUT2D eigenvalue weighted by molar-refractivity contribution is 0.100. The number of rotatable bonds is 5. The molecule has 106 valence electrons. The van der Waals surface area contributed by atoms with E-state index < -0.39 is 5.91 Å². The smallest absolute Gasteiger partial charge is 0.261 e. The van der Waals surface area contributed by atoms with Gasteiger partial charge in [0.05, 0.1) is 22.8 Å². The van der Waals surface area contributed by atoms with Gasteiger partial charge < -0.3 is 16.4 Å². The highest BCUT2D eigenvalue weighted by atomic mass is 32.2. The third kappa shape index (κ3) is 2.88. The van der Waals surface area contributed by atoms with Gasteiger partial charge in [-0.15, -0.1) is 23.1 Å². The van der Waals surface area contributed by atoms with Gasteiger partial charge in [-0.05, 0) is 18.4 Å². The molecule has 0 aliphatic heterocycles. The molecule has 0 saturated heterocycles. The lowest BCUT2D eigenvalue weighted by atomic mass is 10.3. The van der Waals surface area contributed by atoms with Crippen LogP contribution in [0.2, 0.25) is 0 Å². The summed E-state index contributed by atoms with van der Waals surface area (Å²) in [5.74, 6) is -0.486. The SMILES string of the molecule is CSc1c(N(C)Cc2ccccn2)sc(C(N)=O)c1N. The Morgan fingerprint density at radius 3 is 2.80 bits per heavy atom. The summed E-state index contributed by atoms with van der Waals surface area (Å²) in [6.07, 6.45) is 3.69. The number of hydrogen-bond acceptors (Lipinski definition) is 6. The fourth-order valence-electron chi connectivity index (χ4n) is 1.85. The molecule has 4 N–H and O–H groups in total. The first-order valence-corrected chi connectivity index (χ1v) is 7.95. The Morgan fingerprint density at radius 2 is 2.25 bits per heavy atom. The number of carbonyl (C=O) groups excluding carboxylic acids is 1. The van der Waals surface area contributed by atoms with Crippen LogP contribution in [0.5, 0.6) is 0 Å². The Kier molecular flexibility index (Phi) is 4.51. The highest BCUT2D eigenvalue weighted by Crippen LogP contribution is 2.43. The molecule has 0 bridgehead atoms. The summed E-state index contributed by atoms with van der Waals surface area (Å²) in [7, 11) is 1.95. The lowest BCUT2D eigenvalue weighted by Crippen LogP contribution is -2.16. The fraction of sp³-hybridized carbons (Fsp3) is 0.231. The standard InChI is InChI=1S/C13H16N4OS2/c1-17(7-8-5-3-4-6-16-8)13-11(19-2)9(14)10(20-13)12(15)18/h3-6H,7,14H2,1-2H3,(H2,15,18). The van der Waals surface area contributed by atoms with Crippen molar-refractivity contribution in [3.63, 3.8) is 0 Å². The minimum absolute atomic E-state index is 0.414. The quantitative estimate of drug-likeness (QED) is 0.827. The molecule has 0 spiro atoms. The van der Waals surface area contributed by atoms with Gasteiger partial charge in [0.2, 0.25) is 0 Å².